The summed E-state index contributed by atoms with van der Waals surface area (Å²) in [6.45, 7) is 0. The van der Waals surface area contributed by atoms with Gasteiger partial charge in [-0.25, -0.2) is 0 Å². The van der Waals surface area contributed by atoms with Crippen LogP contribution < -0.4 is 5.32 Å². The molecule has 0 saturated carbocycles. The van der Waals surface area contributed by atoms with Crippen molar-refractivity contribution in [1.29, 1.82) is 0 Å². The maximum atomic E-state index is 3.65. The van der Waals surface area contributed by atoms with Crippen LogP contribution in [0.4, 0.5) is 11.4 Å². The van der Waals surface area contributed by atoms with E-state index in [0.717, 1.165) is 31.4 Å². The summed E-state index contributed by atoms with van der Waals surface area (Å²) in [6, 6.07) is 38.7. The quantitative estimate of drug-likeness (QED) is 0.348. The number of para-hydroxylation sites is 1. The van der Waals surface area contributed by atoms with Crippen molar-refractivity contribution in [3.8, 4) is 0 Å². The van der Waals surface area contributed by atoms with E-state index in [1.54, 1.807) is 0 Å². The zero-order valence-electron chi connectivity index (χ0n) is 16.7. The van der Waals surface area contributed by atoms with Crippen LogP contribution in [0.3, 0.4) is 0 Å². The minimum absolute atomic E-state index is 1.03. The highest BCUT2D eigenvalue weighted by Gasteiger charge is 2.10. The van der Waals surface area contributed by atoms with E-state index >= 15 is 0 Å². The summed E-state index contributed by atoms with van der Waals surface area (Å²) in [7, 11) is 0. The van der Waals surface area contributed by atoms with Crippen LogP contribution >= 0.6 is 0 Å². The molecule has 144 valence electrons. The molecule has 0 aromatic heterocycles. The first-order valence-electron chi connectivity index (χ1n) is 10.4. The van der Waals surface area contributed by atoms with E-state index in [4.69, 9.17) is 0 Å². The second-order valence-corrected chi connectivity index (χ2v) is 7.41. The molecule has 1 N–H and O–H groups in total. The van der Waals surface area contributed by atoms with Crippen LogP contribution in [-0.2, 0) is 25.7 Å². The summed E-state index contributed by atoms with van der Waals surface area (Å²) in [5, 5.41) is 3.65. The summed E-state index contributed by atoms with van der Waals surface area (Å²) in [5.74, 6) is 0. The summed E-state index contributed by atoms with van der Waals surface area (Å²) >= 11 is 0. The maximum absolute atomic E-state index is 3.65. The molecule has 0 spiro atoms. The third kappa shape index (κ3) is 5.36. The molecule has 0 aliphatic rings. The highest BCUT2D eigenvalue weighted by molar-refractivity contribution is 5.65. The van der Waals surface area contributed by atoms with Gasteiger partial charge in [0.25, 0.3) is 0 Å². The molecule has 4 rings (SSSR count). The second-order valence-electron chi connectivity index (χ2n) is 7.41. The van der Waals surface area contributed by atoms with E-state index < -0.39 is 0 Å². The predicted octanol–water partition coefficient (Wildman–Crippen LogP) is 7.00. The Kier molecular flexibility index (Phi) is 6.39. The van der Waals surface area contributed by atoms with Crippen molar-refractivity contribution in [2.45, 2.75) is 25.7 Å². The summed E-state index contributed by atoms with van der Waals surface area (Å²) in [6.07, 6.45) is 4.20. The highest BCUT2D eigenvalue weighted by Crippen LogP contribution is 2.27. The van der Waals surface area contributed by atoms with Crippen molar-refractivity contribution in [2.24, 2.45) is 0 Å². The molecule has 1 heteroatoms. The Morgan fingerprint density at radius 1 is 0.448 bits per heavy atom. The molecular formula is C28H27N. The van der Waals surface area contributed by atoms with Crippen molar-refractivity contribution in [2.75, 3.05) is 5.32 Å². The Bertz CT molecular complexity index is 1010. The zero-order valence-corrected chi connectivity index (χ0v) is 16.7. The largest absolute Gasteiger partial charge is 0.355 e. The van der Waals surface area contributed by atoms with Gasteiger partial charge < -0.3 is 5.32 Å². The van der Waals surface area contributed by atoms with Crippen molar-refractivity contribution in [3.05, 3.63) is 131 Å². The van der Waals surface area contributed by atoms with E-state index in [0.29, 0.717) is 0 Å². The molecule has 0 amide bonds. The number of aryl methyl sites for hydroxylation is 3. The highest BCUT2D eigenvalue weighted by atomic mass is 14.9. The van der Waals surface area contributed by atoms with Crippen LogP contribution in [0.2, 0.25) is 0 Å². The minimum Gasteiger partial charge on any atom is -0.355 e. The van der Waals surface area contributed by atoms with Crippen molar-refractivity contribution >= 4 is 11.4 Å². The lowest BCUT2D eigenvalue weighted by molar-refractivity contribution is 0.896. The first kappa shape index (κ1) is 19.0. The molecule has 0 aliphatic carbocycles. The van der Waals surface area contributed by atoms with Gasteiger partial charge in [0.1, 0.15) is 0 Å². The second kappa shape index (κ2) is 9.75. The number of rotatable bonds is 8. The van der Waals surface area contributed by atoms with E-state index in [1.165, 1.54) is 27.9 Å². The third-order valence-electron chi connectivity index (χ3n) is 5.36. The summed E-state index contributed by atoms with van der Waals surface area (Å²) in [4.78, 5) is 0. The lowest BCUT2D eigenvalue weighted by atomic mass is 9.94. The maximum Gasteiger partial charge on any atom is 0.0419 e. The number of benzene rings is 4. The van der Waals surface area contributed by atoms with Gasteiger partial charge >= 0.3 is 0 Å². The van der Waals surface area contributed by atoms with Crippen LogP contribution in [0.1, 0.15) is 22.3 Å². The molecule has 0 fully saturated rings. The number of anilines is 2. The fourth-order valence-electron chi connectivity index (χ4n) is 3.80. The topological polar surface area (TPSA) is 12.0 Å². The lowest BCUT2D eigenvalue weighted by Crippen LogP contribution is -2.04. The van der Waals surface area contributed by atoms with E-state index in [9.17, 15) is 0 Å². The molecule has 0 heterocycles. The standard InChI is InChI=1S/C28H27N/c1-4-11-23(12-5-1)19-21-25-15-10-18-28(29-26-16-8-3-9-17-26)27(25)22-20-24-13-6-2-7-14-24/h1-18,29H,19-22H2. The Morgan fingerprint density at radius 3 is 1.62 bits per heavy atom. The summed E-state index contributed by atoms with van der Waals surface area (Å²) < 4.78 is 0. The average Bonchev–Trinajstić information content (AvgIpc) is 2.79. The summed E-state index contributed by atoms with van der Waals surface area (Å²) in [5.41, 5.74) is 7.99. The zero-order chi connectivity index (χ0) is 19.7. The molecule has 0 unspecified atom stereocenters. The minimum atomic E-state index is 1.03. The van der Waals surface area contributed by atoms with Crippen LogP contribution in [0, 0.1) is 0 Å². The molecule has 29 heavy (non-hydrogen) atoms. The molecular weight excluding hydrogens is 350 g/mol. The molecule has 0 atom stereocenters. The average molecular weight is 378 g/mol. The van der Waals surface area contributed by atoms with E-state index in [1.807, 2.05) is 0 Å². The number of hydrogen-bond acceptors (Lipinski definition) is 1. The molecule has 0 radical (unpaired) electrons. The molecule has 4 aromatic carbocycles. The predicted molar refractivity (Wildman–Crippen MR) is 124 cm³/mol. The molecule has 0 bridgehead atoms. The van der Waals surface area contributed by atoms with Crippen LogP contribution in [0.15, 0.2) is 109 Å². The van der Waals surface area contributed by atoms with E-state index in [2.05, 4.69) is 115 Å². The molecule has 1 nitrogen and oxygen atoms in total. The van der Waals surface area contributed by atoms with Gasteiger partial charge in [0, 0.05) is 11.4 Å². The van der Waals surface area contributed by atoms with Gasteiger partial charge in [-0.1, -0.05) is 91.0 Å². The Hall–Kier alpha value is -3.32. The SMILES string of the molecule is c1ccc(CCc2cccc(Nc3ccccc3)c2CCc2ccccc2)cc1. The molecule has 0 saturated heterocycles. The van der Waals surface area contributed by atoms with Gasteiger partial charge in [0.05, 0.1) is 0 Å². The van der Waals surface area contributed by atoms with E-state index in [-0.39, 0.29) is 0 Å². The number of nitrogens with one attached hydrogen (secondary N) is 1. The fraction of sp³-hybridized carbons (Fsp3) is 0.143. The van der Waals surface area contributed by atoms with Gasteiger partial charge in [0.15, 0.2) is 0 Å². The third-order valence-corrected chi connectivity index (χ3v) is 5.36. The van der Waals surface area contributed by atoms with Crippen molar-refractivity contribution in [3.63, 3.8) is 0 Å². The van der Waals surface area contributed by atoms with Gasteiger partial charge in [-0.15, -0.1) is 0 Å². The van der Waals surface area contributed by atoms with Gasteiger partial charge in [-0.3, -0.25) is 0 Å². The first-order chi connectivity index (χ1) is 14.4. The first-order valence-corrected chi connectivity index (χ1v) is 10.4. The van der Waals surface area contributed by atoms with Crippen LogP contribution in [0.25, 0.3) is 0 Å². The normalized spacial score (nSPS) is 10.6. The van der Waals surface area contributed by atoms with Crippen LogP contribution in [-0.4, -0.2) is 0 Å². The van der Waals surface area contributed by atoms with Crippen LogP contribution in [0.5, 0.6) is 0 Å². The van der Waals surface area contributed by atoms with Crippen molar-refractivity contribution in [1.82, 2.24) is 0 Å². The molecule has 0 aliphatic heterocycles. The Morgan fingerprint density at radius 2 is 1.00 bits per heavy atom. The Balaban J connectivity index is 1.59. The monoisotopic (exact) mass is 377 g/mol. The van der Waals surface area contributed by atoms with Gasteiger partial charge in [-0.2, -0.15) is 0 Å². The Labute approximate surface area is 174 Å². The smallest absolute Gasteiger partial charge is 0.0419 e. The number of hydrogen-bond donors (Lipinski definition) is 1. The van der Waals surface area contributed by atoms with Crippen molar-refractivity contribution < 1.29 is 0 Å². The fourth-order valence-corrected chi connectivity index (χ4v) is 3.80. The van der Waals surface area contributed by atoms with Gasteiger partial charge in [-0.05, 0) is 66.1 Å². The lowest BCUT2D eigenvalue weighted by Gasteiger charge is -2.17. The molecule has 4 aromatic rings. The van der Waals surface area contributed by atoms with Gasteiger partial charge in [0.2, 0.25) is 0 Å².